The molecule has 34 heavy (non-hydrogen) atoms. The Labute approximate surface area is 203 Å². The Balaban J connectivity index is 2.38. The van der Waals surface area contributed by atoms with Crippen molar-refractivity contribution < 1.29 is 39.1 Å². The van der Waals surface area contributed by atoms with Gasteiger partial charge in [0, 0.05) is 5.92 Å². The highest BCUT2D eigenvalue weighted by atomic mass is 16.7. The molecule has 196 valence electrons. The number of ether oxygens (including phenoxy) is 3. The second-order valence-electron chi connectivity index (χ2n) is 10.4. The van der Waals surface area contributed by atoms with Crippen LogP contribution in [0.15, 0.2) is 12.2 Å². The van der Waals surface area contributed by atoms with Crippen LogP contribution >= 0.6 is 0 Å². The number of nitrogens with zero attached hydrogens (tertiary/aromatic N) is 1. The number of ketones is 1. The number of cyclic esters (lactones) is 1. The van der Waals surface area contributed by atoms with Crippen molar-refractivity contribution in [2.75, 3.05) is 14.1 Å². The number of carbonyl (C=O) groups is 2. The van der Waals surface area contributed by atoms with E-state index in [0.717, 1.165) is 0 Å². The summed E-state index contributed by atoms with van der Waals surface area (Å²) >= 11 is 0. The first-order valence-electron chi connectivity index (χ1n) is 12.2. The van der Waals surface area contributed by atoms with Gasteiger partial charge >= 0.3 is 5.97 Å². The van der Waals surface area contributed by atoms with Crippen molar-refractivity contribution in [3.63, 3.8) is 0 Å². The highest BCUT2D eigenvalue weighted by Gasteiger charge is 2.47. The monoisotopic (exact) mass is 485 g/mol. The van der Waals surface area contributed by atoms with Crippen molar-refractivity contribution in [2.24, 2.45) is 17.8 Å². The first-order valence-corrected chi connectivity index (χ1v) is 12.2. The topological polar surface area (TPSA) is 126 Å². The van der Waals surface area contributed by atoms with Crippen LogP contribution in [0.4, 0.5) is 0 Å². The molecule has 11 atom stereocenters. The molecular formula is C25H43NO8. The molecule has 0 aromatic rings. The SMILES string of the molecule is CC[C@H]1OC(=O)[C@H](C)[C@@H](O[C@H]2O[C@H](C)[C@@H](O)[C@H](N(C)C)[C@H]2O)[C@@H](C)C[C@@H](C)C(=O)/C=C/[C@]1(C)O. The van der Waals surface area contributed by atoms with Crippen LogP contribution in [0.1, 0.15) is 54.4 Å². The Hall–Kier alpha value is -1.36. The van der Waals surface area contributed by atoms with Crippen molar-refractivity contribution in [1.82, 2.24) is 4.90 Å². The lowest BCUT2D eigenvalue weighted by molar-refractivity contribution is -0.301. The van der Waals surface area contributed by atoms with E-state index in [4.69, 9.17) is 14.2 Å². The molecule has 0 amide bonds. The molecule has 3 N–H and O–H groups in total. The Morgan fingerprint density at radius 3 is 2.32 bits per heavy atom. The number of rotatable bonds is 4. The van der Waals surface area contributed by atoms with Gasteiger partial charge in [0.1, 0.15) is 17.8 Å². The van der Waals surface area contributed by atoms with Crippen LogP contribution in [0.3, 0.4) is 0 Å². The lowest BCUT2D eigenvalue weighted by atomic mass is 9.84. The third-order valence-electron chi connectivity index (χ3n) is 7.20. The first-order chi connectivity index (χ1) is 15.7. The molecule has 1 fully saturated rings. The summed E-state index contributed by atoms with van der Waals surface area (Å²) in [5.41, 5.74) is -1.51. The number of allylic oxidation sites excluding steroid dienone is 1. The maximum absolute atomic E-state index is 13.1. The zero-order chi connectivity index (χ0) is 26.0. The van der Waals surface area contributed by atoms with E-state index in [9.17, 15) is 24.9 Å². The second kappa shape index (κ2) is 11.6. The van der Waals surface area contributed by atoms with E-state index >= 15 is 0 Å². The Kier molecular flexibility index (Phi) is 9.84. The molecule has 2 heterocycles. The molecule has 2 aliphatic heterocycles. The highest BCUT2D eigenvalue weighted by Crippen LogP contribution is 2.32. The normalized spacial score (nSPS) is 45.9. The molecule has 9 heteroatoms. The summed E-state index contributed by atoms with van der Waals surface area (Å²) < 4.78 is 17.7. The summed E-state index contributed by atoms with van der Waals surface area (Å²) in [5.74, 6) is -2.08. The van der Waals surface area contributed by atoms with Gasteiger partial charge < -0.3 is 34.4 Å². The van der Waals surface area contributed by atoms with Crippen LogP contribution < -0.4 is 0 Å². The third-order valence-corrected chi connectivity index (χ3v) is 7.20. The van der Waals surface area contributed by atoms with Crippen molar-refractivity contribution in [2.45, 2.75) is 103 Å². The Morgan fingerprint density at radius 1 is 1.15 bits per heavy atom. The summed E-state index contributed by atoms with van der Waals surface area (Å²) in [7, 11) is 3.50. The molecule has 2 rings (SSSR count). The van der Waals surface area contributed by atoms with Gasteiger partial charge in [-0.1, -0.05) is 20.8 Å². The predicted octanol–water partition coefficient (Wildman–Crippen LogP) is 1.28. The minimum absolute atomic E-state index is 0.140. The number of aliphatic hydroxyl groups is 3. The summed E-state index contributed by atoms with van der Waals surface area (Å²) in [6.07, 6.45) is -1.82. The fraction of sp³-hybridized carbons (Fsp3) is 0.840. The number of esters is 1. The minimum atomic E-state index is -1.51. The molecule has 0 spiro atoms. The number of carbonyl (C=O) groups excluding carboxylic acids is 2. The van der Waals surface area contributed by atoms with Gasteiger partial charge in [0.25, 0.3) is 0 Å². The quantitative estimate of drug-likeness (QED) is 0.505. The van der Waals surface area contributed by atoms with Crippen LogP contribution in [0, 0.1) is 17.8 Å². The van der Waals surface area contributed by atoms with Gasteiger partial charge in [-0.15, -0.1) is 0 Å². The molecule has 0 aromatic carbocycles. The van der Waals surface area contributed by atoms with E-state index in [1.807, 2.05) is 6.92 Å². The maximum atomic E-state index is 13.1. The highest BCUT2D eigenvalue weighted by molar-refractivity contribution is 5.91. The number of hydrogen-bond donors (Lipinski definition) is 3. The molecule has 0 aliphatic carbocycles. The summed E-state index contributed by atoms with van der Waals surface area (Å²) in [6, 6.07) is -0.622. The lowest BCUT2D eigenvalue weighted by Crippen LogP contribution is -2.63. The van der Waals surface area contributed by atoms with E-state index < -0.39 is 60.3 Å². The second-order valence-corrected chi connectivity index (χ2v) is 10.4. The Bertz CT molecular complexity index is 738. The van der Waals surface area contributed by atoms with Gasteiger partial charge in [-0.25, -0.2) is 0 Å². The van der Waals surface area contributed by atoms with Crippen LogP contribution in [-0.2, 0) is 23.8 Å². The van der Waals surface area contributed by atoms with Crippen LogP contribution in [0.2, 0.25) is 0 Å². The molecule has 0 unspecified atom stereocenters. The van der Waals surface area contributed by atoms with Crippen LogP contribution in [0.5, 0.6) is 0 Å². The van der Waals surface area contributed by atoms with Gasteiger partial charge in [-0.2, -0.15) is 0 Å². The van der Waals surface area contributed by atoms with Crippen molar-refractivity contribution in [1.29, 1.82) is 0 Å². The van der Waals surface area contributed by atoms with E-state index in [1.54, 1.807) is 46.7 Å². The van der Waals surface area contributed by atoms with E-state index in [2.05, 4.69) is 0 Å². The number of likely N-dealkylation sites (N-methyl/N-ethyl adjacent to an activating group) is 1. The molecule has 2 aliphatic rings. The number of aliphatic hydroxyl groups excluding tert-OH is 2. The van der Waals surface area contributed by atoms with Crippen LogP contribution in [-0.4, -0.2) is 94.5 Å². The smallest absolute Gasteiger partial charge is 0.311 e. The fourth-order valence-electron chi connectivity index (χ4n) is 4.96. The maximum Gasteiger partial charge on any atom is 0.311 e. The van der Waals surface area contributed by atoms with Crippen molar-refractivity contribution in [3.8, 4) is 0 Å². The predicted molar refractivity (Wildman–Crippen MR) is 126 cm³/mol. The Morgan fingerprint density at radius 2 is 1.76 bits per heavy atom. The fourth-order valence-corrected chi connectivity index (χ4v) is 4.96. The van der Waals surface area contributed by atoms with Gasteiger partial charge in [0.05, 0.1) is 30.3 Å². The lowest BCUT2D eigenvalue weighted by Gasteiger charge is -2.46. The van der Waals surface area contributed by atoms with E-state index in [-0.39, 0.29) is 17.6 Å². The summed E-state index contributed by atoms with van der Waals surface area (Å²) in [5, 5.41) is 32.3. The standard InChI is InChI=1S/C25H43NO8/c1-9-18-25(6,31)11-10-17(27)13(2)12-14(3)22(15(4)23(30)33-18)34-24-21(29)19(26(7)8)20(28)16(5)32-24/h10-11,13-16,18-22,24,28-29,31H,9,12H2,1-8H3/b11-10+/t13-,14+,15-,16-,18-,19+,20-,21-,22+,24-,25+/m1/s1. The molecule has 9 nitrogen and oxygen atoms in total. The van der Waals surface area contributed by atoms with Gasteiger partial charge in [-0.3, -0.25) is 9.59 Å². The molecule has 0 radical (unpaired) electrons. The summed E-state index contributed by atoms with van der Waals surface area (Å²) in [4.78, 5) is 27.6. The first kappa shape index (κ1) is 28.9. The van der Waals surface area contributed by atoms with Gasteiger partial charge in [-0.05, 0) is 65.8 Å². The largest absolute Gasteiger partial charge is 0.459 e. The van der Waals surface area contributed by atoms with Gasteiger partial charge in [0.15, 0.2) is 12.1 Å². The zero-order valence-corrected chi connectivity index (χ0v) is 21.7. The molecule has 0 bridgehead atoms. The average molecular weight is 486 g/mol. The molecule has 0 aromatic heterocycles. The third kappa shape index (κ3) is 6.44. The van der Waals surface area contributed by atoms with E-state index in [1.165, 1.54) is 19.1 Å². The number of hydrogen-bond acceptors (Lipinski definition) is 9. The molecule has 1 saturated heterocycles. The minimum Gasteiger partial charge on any atom is -0.459 e. The average Bonchev–Trinajstić information content (AvgIpc) is 2.75. The molecule has 0 saturated carbocycles. The summed E-state index contributed by atoms with van der Waals surface area (Å²) in [6.45, 7) is 10.4. The van der Waals surface area contributed by atoms with Crippen molar-refractivity contribution >= 4 is 11.8 Å². The van der Waals surface area contributed by atoms with Crippen molar-refractivity contribution in [3.05, 3.63) is 12.2 Å². The van der Waals surface area contributed by atoms with Gasteiger partial charge in [0.2, 0.25) is 0 Å². The zero-order valence-electron chi connectivity index (χ0n) is 21.7. The molecular weight excluding hydrogens is 442 g/mol. The van der Waals surface area contributed by atoms with E-state index in [0.29, 0.717) is 12.8 Å². The van der Waals surface area contributed by atoms with Crippen LogP contribution in [0.25, 0.3) is 0 Å².